The van der Waals surface area contributed by atoms with Gasteiger partial charge in [0.05, 0.1) is 17.7 Å². The summed E-state index contributed by atoms with van der Waals surface area (Å²) in [6, 6.07) is 10.5. The molecule has 0 fully saturated rings. The summed E-state index contributed by atoms with van der Waals surface area (Å²) in [6.45, 7) is 2.76. The summed E-state index contributed by atoms with van der Waals surface area (Å²) in [5, 5.41) is 16.1. The fourth-order valence-corrected chi connectivity index (χ4v) is 3.50. The number of phenolic OH excluding ortho intramolecular Hbond substituents is 1. The minimum Gasteiger partial charge on any atom is -0.506 e. The maximum Gasteiger partial charge on any atom is 0.261 e. The number of thiocarbonyl (C=S) groups is 1. The molecule has 2 aromatic carbocycles. The smallest absolute Gasteiger partial charge is 0.261 e. The predicted molar refractivity (Wildman–Crippen MR) is 111 cm³/mol. The zero-order valence-corrected chi connectivity index (χ0v) is 16.8. The van der Waals surface area contributed by atoms with Crippen LogP contribution < -0.4 is 20.1 Å². The summed E-state index contributed by atoms with van der Waals surface area (Å²) in [5.41, 5.74) is 0.608. The zero-order chi connectivity index (χ0) is 19.9. The summed E-state index contributed by atoms with van der Waals surface area (Å²) in [7, 11) is -2.30. The Hall–Kier alpha value is -2.52. The van der Waals surface area contributed by atoms with E-state index >= 15 is 0 Å². The molecule has 4 N–H and O–H groups in total. The molecular weight excluding hydrogens is 386 g/mol. The van der Waals surface area contributed by atoms with Gasteiger partial charge < -0.3 is 20.5 Å². The van der Waals surface area contributed by atoms with E-state index in [0.29, 0.717) is 23.1 Å². The molecule has 0 saturated heterocycles. The van der Waals surface area contributed by atoms with Crippen LogP contribution in [0.25, 0.3) is 0 Å². The highest BCUT2D eigenvalue weighted by Gasteiger charge is 2.17. The Morgan fingerprint density at radius 1 is 1.19 bits per heavy atom. The van der Waals surface area contributed by atoms with Gasteiger partial charge in [-0.05, 0) is 61.1 Å². The maximum atomic E-state index is 12.6. The van der Waals surface area contributed by atoms with Crippen LogP contribution in [0.15, 0.2) is 47.4 Å². The average molecular weight is 410 g/mol. The molecule has 0 aliphatic heterocycles. The molecular formula is C18H23N3O4S2. The molecule has 0 amide bonds. The van der Waals surface area contributed by atoms with Gasteiger partial charge in [0, 0.05) is 12.2 Å². The van der Waals surface area contributed by atoms with E-state index in [-0.39, 0.29) is 16.3 Å². The number of anilines is 2. The van der Waals surface area contributed by atoms with E-state index in [1.54, 1.807) is 24.3 Å². The Kier molecular flexibility index (Phi) is 7.26. The first kappa shape index (κ1) is 20.8. The average Bonchev–Trinajstić information content (AvgIpc) is 2.64. The summed E-state index contributed by atoms with van der Waals surface area (Å²) in [6.07, 6.45) is 1.97. The molecule has 7 nitrogen and oxygen atoms in total. The van der Waals surface area contributed by atoms with Gasteiger partial charge in [-0.15, -0.1) is 0 Å². The topological polar surface area (TPSA) is 99.7 Å². The molecule has 2 aromatic rings. The Morgan fingerprint density at radius 2 is 1.89 bits per heavy atom. The van der Waals surface area contributed by atoms with Crippen molar-refractivity contribution in [2.75, 3.05) is 23.7 Å². The number of methoxy groups -OCH3 is 1. The Morgan fingerprint density at radius 3 is 2.52 bits per heavy atom. The SMILES string of the molecule is CCCCNC(=S)Nc1cc(S(=O)(=O)Nc2ccc(OC)cc2)ccc1O. The monoisotopic (exact) mass is 409 g/mol. The van der Waals surface area contributed by atoms with Gasteiger partial charge >= 0.3 is 0 Å². The van der Waals surface area contributed by atoms with Crippen molar-refractivity contribution in [3.63, 3.8) is 0 Å². The molecule has 146 valence electrons. The van der Waals surface area contributed by atoms with Crippen molar-refractivity contribution in [1.29, 1.82) is 0 Å². The molecule has 0 radical (unpaired) electrons. The van der Waals surface area contributed by atoms with E-state index in [1.165, 1.54) is 25.3 Å². The number of rotatable bonds is 8. The van der Waals surface area contributed by atoms with Crippen LogP contribution in [0.3, 0.4) is 0 Å². The Bertz CT molecular complexity index is 884. The van der Waals surface area contributed by atoms with Gasteiger partial charge in [-0.1, -0.05) is 13.3 Å². The van der Waals surface area contributed by atoms with Crippen LogP contribution in [0.4, 0.5) is 11.4 Å². The van der Waals surface area contributed by atoms with Crippen LogP contribution in [-0.4, -0.2) is 32.3 Å². The standard InChI is InChI=1S/C18H23N3O4S2/c1-3-4-11-19-18(26)20-16-12-15(9-10-17(16)22)27(23,24)21-13-5-7-14(25-2)8-6-13/h5-10,12,21-22H,3-4,11H2,1-2H3,(H2,19,20,26). The summed E-state index contributed by atoms with van der Waals surface area (Å²) >= 11 is 5.16. The Labute approximate surface area is 164 Å². The van der Waals surface area contributed by atoms with Crippen LogP contribution in [-0.2, 0) is 10.0 Å². The molecule has 0 aliphatic rings. The Balaban J connectivity index is 2.15. The number of hydrogen-bond donors (Lipinski definition) is 4. The normalized spacial score (nSPS) is 10.9. The van der Waals surface area contributed by atoms with Crippen LogP contribution in [0.5, 0.6) is 11.5 Å². The lowest BCUT2D eigenvalue weighted by atomic mass is 10.3. The molecule has 0 atom stereocenters. The van der Waals surface area contributed by atoms with Gasteiger partial charge in [0.1, 0.15) is 11.5 Å². The van der Waals surface area contributed by atoms with Crippen molar-refractivity contribution in [2.45, 2.75) is 24.7 Å². The molecule has 0 unspecified atom stereocenters. The van der Waals surface area contributed by atoms with Gasteiger partial charge in [-0.3, -0.25) is 4.72 Å². The van der Waals surface area contributed by atoms with E-state index in [2.05, 4.69) is 22.3 Å². The highest BCUT2D eigenvalue weighted by molar-refractivity contribution is 7.92. The van der Waals surface area contributed by atoms with E-state index in [0.717, 1.165) is 12.8 Å². The number of sulfonamides is 1. The lowest BCUT2D eigenvalue weighted by molar-refractivity contribution is 0.415. The third-order valence-corrected chi connectivity index (χ3v) is 5.31. The summed E-state index contributed by atoms with van der Waals surface area (Å²) in [4.78, 5) is -0.00465. The number of nitrogens with one attached hydrogen (secondary N) is 3. The van der Waals surface area contributed by atoms with Crippen molar-refractivity contribution in [2.24, 2.45) is 0 Å². The van der Waals surface area contributed by atoms with Gasteiger partial charge in [0.2, 0.25) is 0 Å². The van der Waals surface area contributed by atoms with Crippen LogP contribution in [0.1, 0.15) is 19.8 Å². The van der Waals surface area contributed by atoms with E-state index in [1.807, 2.05) is 0 Å². The molecule has 27 heavy (non-hydrogen) atoms. The number of aromatic hydroxyl groups is 1. The first-order valence-electron chi connectivity index (χ1n) is 8.40. The third kappa shape index (κ3) is 6.00. The predicted octanol–water partition coefficient (Wildman–Crippen LogP) is 3.29. The van der Waals surface area contributed by atoms with Gasteiger partial charge in [0.15, 0.2) is 5.11 Å². The van der Waals surface area contributed by atoms with Gasteiger partial charge in [-0.25, -0.2) is 8.42 Å². The van der Waals surface area contributed by atoms with Crippen molar-refractivity contribution in [1.82, 2.24) is 5.32 Å². The fourth-order valence-electron chi connectivity index (χ4n) is 2.20. The second-order valence-corrected chi connectivity index (χ2v) is 7.84. The minimum atomic E-state index is -3.83. The number of hydrogen-bond acceptors (Lipinski definition) is 5. The van der Waals surface area contributed by atoms with Crippen molar-refractivity contribution in [3.8, 4) is 11.5 Å². The maximum absolute atomic E-state index is 12.6. The number of unbranched alkanes of at least 4 members (excludes halogenated alkanes) is 1. The molecule has 0 aromatic heterocycles. The molecule has 9 heteroatoms. The van der Waals surface area contributed by atoms with Crippen LogP contribution >= 0.6 is 12.2 Å². The first-order chi connectivity index (χ1) is 12.9. The molecule has 0 spiro atoms. The van der Waals surface area contributed by atoms with Gasteiger partial charge in [0.25, 0.3) is 10.0 Å². The third-order valence-electron chi connectivity index (χ3n) is 3.68. The zero-order valence-electron chi connectivity index (χ0n) is 15.2. The van der Waals surface area contributed by atoms with Crippen LogP contribution in [0, 0.1) is 0 Å². The summed E-state index contributed by atoms with van der Waals surface area (Å²) in [5.74, 6) is 0.524. The summed E-state index contributed by atoms with van der Waals surface area (Å²) < 4.78 is 32.8. The molecule has 0 aliphatic carbocycles. The largest absolute Gasteiger partial charge is 0.506 e. The van der Waals surface area contributed by atoms with Crippen LogP contribution in [0.2, 0.25) is 0 Å². The van der Waals surface area contributed by atoms with Crippen molar-refractivity contribution < 1.29 is 18.3 Å². The molecule has 0 bridgehead atoms. The number of phenols is 1. The minimum absolute atomic E-state index is 0.00465. The van der Waals surface area contributed by atoms with Crippen molar-refractivity contribution in [3.05, 3.63) is 42.5 Å². The molecule has 0 heterocycles. The first-order valence-corrected chi connectivity index (χ1v) is 10.3. The second kappa shape index (κ2) is 9.43. The lowest BCUT2D eigenvalue weighted by Crippen LogP contribution is -2.29. The lowest BCUT2D eigenvalue weighted by Gasteiger charge is -2.14. The van der Waals surface area contributed by atoms with E-state index < -0.39 is 10.0 Å². The quantitative estimate of drug-likeness (QED) is 0.302. The second-order valence-electron chi connectivity index (χ2n) is 5.75. The molecule has 0 saturated carbocycles. The van der Waals surface area contributed by atoms with Gasteiger partial charge in [-0.2, -0.15) is 0 Å². The van der Waals surface area contributed by atoms with E-state index in [4.69, 9.17) is 17.0 Å². The molecule has 2 rings (SSSR count). The number of benzene rings is 2. The highest BCUT2D eigenvalue weighted by atomic mass is 32.2. The fraction of sp³-hybridized carbons (Fsp3) is 0.278. The highest BCUT2D eigenvalue weighted by Crippen LogP contribution is 2.27. The number of ether oxygens (including phenoxy) is 1. The van der Waals surface area contributed by atoms with Crippen molar-refractivity contribution >= 4 is 38.7 Å². The van der Waals surface area contributed by atoms with E-state index in [9.17, 15) is 13.5 Å².